The minimum absolute atomic E-state index is 0.152. The van der Waals surface area contributed by atoms with E-state index in [9.17, 15) is 9.50 Å². The summed E-state index contributed by atoms with van der Waals surface area (Å²) >= 11 is 0. The Morgan fingerprint density at radius 2 is 1.91 bits per heavy atom. The van der Waals surface area contributed by atoms with Gasteiger partial charge in [0.25, 0.3) is 0 Å². The van der Waals surface area contributed by atoms with Gasteiger partial charge in [-0.3, -0.25) is 4.90 Å². The van der Waals surface area contributed by atoms with E-state index in [1.807, 2.05) is 0 Å². The lowest BCUT2D eigenvalue weighted by Crippen LogP contribution is -2.38. The topological polar surface area (TPSA) is 49.5 Å². The smallest absolute Gasteiger partial charge is 0.226 e. The number of oxazole rings is 1. The van der Waals surface area contributed by atoms with Gasteiger partial charge < -0.3 is 9.52 Å². The van der Waals surface area contributed by atoms with Crippen molar-refractivity contribution in [1.29, 1.82) is 0 Å². The lowest BCUT2D eigenvalue weighted by molar-refractivity contribution is 0.116. The maximum absolute atomic E-state index is 13.0. The third-order valence-electron chi connectivity index (χ3n) is 4.49. The van der Waals surface area contributed by atoms with Gasteiger partial charge in [0.2, 0.25) is 5.89 Å². The molecule has 1 aromatic carbocycles. The van der Waals surface area contributed by atoms with Gasteiger partial charge in [0, 0.05) is 24.7 Å². The van der Waals surface area contributed by atoms with Gasteiger partial charge in [-0.1, -0.05) is 19.3 Å². The average molecular weight is 318 g/mol. The number of halogens is 1. The lowest BCUT2D eigenvalue weighted by Gasteiger charge is -2.33. The maximum atomic E-state index is 13.0. The summed E-state index contributed by atoms with van der Waals surface area (Å²) in [7, 11) is 0. The van der Waals surface area contributed by atoms with Gasteiger partial charge in [0.1, 0.15) is 12.1 Å². The molecule has 3 rings (SSSR count). The molecule has 4 nitrogen and oxygen atoms in total. The van der Waals surface area contributed by atoms with Crippen molar-refractivity contribution in [2.24, 2.45) is 0 Å². The van der Waals surface area contributed by atoms with E-state index in [-0.39, 0.29) is 12.4 Å². The molecule has 124 valence electrons. The third-order valence-corrected chi connectivity index (χ3v) is 4.49. The van der Waals surface area contributed by atoms with Crippen LogP contribution in [-0.4, -0.2) is 34.2 Å². The van der Waals surface area contributed by atoms with Crippen LogP contribution in [0.25, 0.3) is 11.5 Å². The molecule has 0 radical (unpaired) electrons. The van der Waals surface area contributed by atoms with Crippen molar-refractivity contribution in [1.82, 2.24) is 9.88 Å². The molecule has 1 N–H and O–H groups in total. The molecule has 0 atom stereocenters. The molecular weight excluding hydrogens is 295 g/mol. The predicted molar refractivity (Wildman–Crippen MR) is 86.3 cm³/mol. The monoisotopic (exact) mass is 318 g/mol. The van der Waals surface area contributed by atoms with E-state index in [4.69, 9.17) is 4.42 Å². The van der Waals surface area contributed by atoms with Gasteiger partial charge in [-0.05, 0) is 37.1 Å². The van der Waals surface area contributed by atoms with Crippen LogP contribution in [0, 0.1) is 5.82 Å². The van der Waals surface area contributed by atoms with E-state index in [1.54, 1.807) is 18.4 Å². The summed E-state index contributed by atoms with van der Waals surface area (Å²) in [6.45, 7) is 1.48. The number of benzene rings is 1. The van der Waals surface area contributed by atoms with Crippen molar-refractivity contribution in [3.63, 3.8) is 0 Å². The number of aromatic nitrogens is 1. The molecule has 23 heavy (non-hydrogen) atoms. The van der Waals surface area contributed by atoms with E-state index in [2.05, 4.69) is 9.88 Å². The number of rotatable bonds is 6. The molecule has 0 saturated heterocycles. The maximum Gasteiger partial charge on any atom is 0.226 e. The van der Waals surface area contributed by atoms with E-state index in [0.717, 1.165) is 11.3 Å². The fourth-order valence-electron chi connectivity index (χ4n) is 3.28. The summed E-state index contributed by atoms with van der Waals surface area (Å²) in [5.41, 5.74) is 1.62. The first kappa shape index (κ1) is 16.1. The first-order chi connectivity index (χ1) is 11.3. The second-order valence-corrected chi connectivity index (χ2v) is 6.14. The lowest BCUT2D eigenvalue weighted by atomic mass is 9.94. The Morgan fingerprint density at radius 1 is 1.17 bits per heavy atom. The van der Waals surface area contributed by atoms with Crippen LogP contribution in [0.3, 0.4) is 0 Å². The molecule has 2 aromatic rings. The van der Waals surface area contributed by atoms with Crippen LogP contribution in [0.1, 0.15) is 37.8 Å². The summed E-state index contributed by atoms with van der Waals surface area (Å²) in [4.78, 5) is 6.81. The molecule has 1 fully saturated rings. The molecule has 1 aliphatic carbocycles. The van der Waals surface area contributed by atoms with Crippen LogP contribution in [0.2, 0.25) is 0 Å². The molecule has 0 spiro atoms. The van der Waals surface area contributed by atoms with Gasteiger partial charge in [0.15, 0.2) is 0 Å². The van der Waals surface area contributed by atoms with Gasteiger partial charge in [-0.15, -0.1) is 0 Å². The third kappa shape index (κ3) is 4.18. The highest BCUT2D eigenvalue weighted by atomic mass is 19.1. The van der Waals surface area contributed by atoms with Crippen molar-refractivity contribution < 1.29 is 13.9 Å². The first-order valence-electron chi connectivity index (χ1n) is 8.31. The Morgan fingerprint density at radius 3 is 2.61 bits per heavy atom. The Labute approximate surface area is 136 Å². The van der Waals surface area contributed by atoms with Gasteiger partial charge in [-0.2, -0.15) is 0 Å². The zero-order chi connectivity index (χ0) is 16.1. The van der Waals surface area contributed by atoms with Gasteiger partial charge in [0.05, 0.1) is 12.3 Å². The number of hydrogen-bond acceptors (Lipinski definition) is 4. The van der Waals surface area contributed by atoms with Crippen LogP contribution in [0.4, 0.5) is 4.39 Å². The molecule has 0 unspecified atom stereocenters. The second-order valence-electron chi connectivity index (χ2n) is 6.14. The minimum atomic E-state index is -0.271. The second kappa shape index (κ2) is 7.70. The molecule has 0 bridgehead atoms. The minimum Gasteiger partial charge on any atom is -0.444 e. The highest BCUT2D eigenvalue weighted by molar-refractivity contribution is 5.52. The van der Waals surface area contributed by atoms with Crippen LogP contribution in [0.15, 0.2) is 34.9 Å². The van der Waals surface area contributed by atoms with Crippen molar-refractivity contribution >= 4 is 0 Å². The van der Waals surface area contributed by atoms with Crippen molar-refractivity contribution in [2.75, 3.05) is 13.2 Å². The molecule has 0 amide bonds. The van der Waals surface area contributed by atoms with Crippen molar-refractivity contribution in [3.8, 4) is 11.5 Å². The fraction of sp³-hybridized carbons (Fsp3) is 0.500. The molecule has 1 aliphatic rings. The largest absolute Gasteiger partial charge is 0.444 e. The Kier molecular flexibility index (Phi) is 5.41. The van der Waals surface area contributed by atoms with Crippen LogP contribution < -0.4 is 0 Å². The van der Waals surface area contributed by atoms with Crippen LogP contribution in [0.5, 0.6) is 0 Å². The summed E-state index contributed by atoms with van der Waals surface area (Å²) < 4.78 is 18.5. The number of aliphatic hydroxyl groups is 1. The Hall–Kier alpha value is -1.72. The summed E-state index contributed by atoms with van der Waals surface area (Å²) in [5.74, 6) is 0.236. The molecule has 5 heteroatoms. The van der Waals surface area contributed by atoms with Crippen LogP contribution in [-0.2, 0) is 6.54 Å². The fourth-order valence-corrected chi connectivity index (χ4v) is 3.28. The van der Waals surface area contributed by atoms with Gasteiger partial charge >= 0.3 is 0 Å². The summed E-state index contributed by atoms with van der Waals surface area (Å²) in [6.07, 6.45) is 7.85. The quantitative estimate of drug-likeness (QED) is 0.884. The van der Waals surface area contributed by atoms with E-state index >= 15 is 0 Å². The summed E-state index contributed by atoms with van der Waals surface area (Å²) in [6, 6.07) is 6.65. The number of hydrogen-bond donors (Lipinski definition) is 1. The van der Waals surface area contributed by atoms with Crippen molar-refractivity contribution in [3.05, 3.63) is 42.0 Å². The average Bonchev–Trinajstić information content (AvgIpc) is 3.04. The highest BCUT2D eigenvalue weighted by Crippen LogP contribution is 2.25. The van der Waals surface area contributed by atoms with Gasteiger partial charge in [-0.25, -0.2) is 9.37 Å². The van der Waals surface area contributed by atoms with Crippen molar-refractivity contribution in [2.45, 2.75) is 44.7 Å². The standard InChI is InChI=1S/C18H23FN2O2/c19-15-8-6-14(7-9-15)18-20-16(13-23-18)12-21(10-11-22)17-4-2-1-3-5-17/h6-9,13,17,22H,1-5,10-12H2. The zero-order valence-electron chi connectivity index (χ0n) is 13.2. The summed E-state index contributed by atoms with van der Waals surface area (Å²) in [5, 5.41) is 9.33. The highest BCUT2D eigenvalue weighted by Gasteiger charge is 2.22. The number of aliphatic hydroxyl groups excluding tert-OH is 1. The van der Waals surface area contributed by atoms with E-state index in [0.29, 0.717) is 25.0 Å². The molecular formula is C18H23FN2O2. The molecule has 1 saturated carbocycles. The van der Waals surface area contributed by atoms with Crippen LogP contribution >= 0.6 is 0 Å². The molecule has 0 aliphatic heterocycles. The number of nitrogens with zero attached hydrogens (tertiary/aromatic N) is 2. The van der Waals surface area contributed by atoms with E-state index < -0.39 is 0 Å². The molecule has 1 aromatic heterocycles. The Balaban J connectivity index is 1.69. The first-order valence-corrected chi connectivity index (χ1v) is 8.31. The Bertz CT molecular complexity index is 606. The zero-order valence-corrected chi connectivity index (χ0v) is 13.2. The molecule has 1 heterocycles. The SMILES string of the molecule is OCCN(Cc1coc(-c2ccc(F)cc2)n1)C1CCCCC1. The normalized spacial score (nSPS) is 16.1. The van der Waals surface area contributed by atoms with E-state index in [1.165, 1.54) is 44.2 Å². The predicted octanol–water partition coefficient (Wildman–Crippen LogP) is 3.61.